The molecule has 1 aliphatic rings. The van der Waals surface area contributed by atoms with Crippen molar-refractivity contribution in [2.75, 3.05) is 6.54 Å². The second kappa shape index (κ2) is 6.72. The predicted octanol–water partition coefficient (Wildman–Crippen LogP) is 3.08. The van der Waals surface area contributed by atoms with Crippen LogP contribution in [0.3, 0.4) is 0 Å². The summed E-state index contributed by atoms with van der Waals surface area (Å²) in [5, 5.41) is 9.59. The molecule has 0 aliphatic heterocycles. The quantitative estimate of drug-likeness (QED) is 0.863. The van der Waals surface area contributed by atoms with Crippen molar-refractivity contribution in [2.45, 2.75) is 25.8 Å². The lowest BCUT2D eigenvalue weighted by Crippen LogP contribution is -2.33. The summed E-state index contributed by atoms with van der Waals surface area (Å²) in [5.74, 6) is 0.319. The molecule has 0 unspecified atom stereocenters. The highest BCUT2D eigenvalue weighted by molar-refractivity contribution is 7.13. The number of amides is 1. The fraction of sp³-hybridized carbons (Fsp3) is 0.375. The number of nitrogens with one attached hydrogen (secondary N) is 1. The van der Waals surface area contributed by atoms with E-state index in [1.54, 1.807) is 11.3 Å². The van der Waals surface area contributed by atoms with Crippen LogP contribution in [0.2, 0.25) is 0 Å². The van der Waals surface area contributed by atoms with Gasteiger partial charge in [0.05, 0.1) is 11.4 Å². The molecule has 1 atom stereocenters. The van der Waals surface area contributed by atoms with Crippen molar-refractivity contribution in [3.05, 3.63) is 41.9 Å². The van der Waals surface area contributed by atoms with E-state index >= 15 is 0 Å². The third kappa shape index (κ3) is 3.61. The predicted molar refractivity (Wildman–Crippen MR) is 85.0 cm³/mol. The largest absolute Gasteiger partial charge is 0.354 e. The SMILES string of the molecule is O=C(NCCn1ccc(-c2cccs2)n1)[C@H]1CC=CCC1. The van der Waals surface area contributed by atoms with E-state index in [0.717, 1.165) is 25.0 Å². The van der Waals surface area contributed by atoms with Gasteiger partial charge in [0.1, 0.15) is 5.69 Å². The van der Waals surface area contributed by atoms with E-state index in [0.29, 0.717) is 13.1 Å². The van der Waals surface area contributed by atoms with Crippen molar-refractivity contribution < 1.29 is 4.79 Å². The molecular weight excluding hydrogens is 282 g/mol. The van der Waals surface area contributed by atoms with Crippen LogP contribution < -0.4 is 5.32 Å². The van der Waals surface area contributed by atoms with E-state index in [1.165, 1.54) is 4.88 Å². The number of nitrogens with zero attached hydrogens (tertiary/aromatic N) is 2. The normalized spacial score (nSPS) is 17.8. The van der Waals surface area contributed by atoms with Gasteiger partial charge in [0.15, 0.2) is 0 Å². The van der Waals surface area contributed by atoms with Crippen molar-refractivity contribution in [1.29, 1.82) is 0 Å². The number of hydrogen-bond acceptors (Lipinski definition) is 3. The fourth-order valence-electron chi connectivity index (χ4n) is 2.51. The summed E-state index contributed by atoms with van der Waals surface area (Å²) in [6.45, 7) is 1.34. The first kappa shape index (κ1) is 14.1. The third-order valence-electron chi connectivity index (χ3n) is 3.69. The Balaban J connectivity index is 1.47. The van der Waals surface area contributed by atoms with Crippen LogP contribution in [0.25, 0.3) is 10.6 Å². The maximum Gasteiger partial charge on any atom is 0.223 e. The molecule has 5 heteroatoms. The average molecular weight is 301 g/mol. The summed E-state index contributed by atoms with van der Waals surface area (Å²) >= 11 is 1.68. The minimum absolute atomic E-state index is 0.148. The number of allylic oxidation sites excluding steroid dienone is 2. The lowest BCUT2D eigenvalue weighted by Gasteiger charge is -2.17. The Morgan fingerprint density at radius 3 is 3.14 bits per heavy atom. The van der Waals surface area contributed by atoms with Gasteiger partial charge in [-0.3, -0.25) is 9.48 Å². The molecule has 21 heavy (non-hydrogen) atoms. The molecule has 0 radical (unpaired) electrons. The summed E-state index contributed by atoms with van der Waals surface area (Å²) in [7, 11) is 0. The number of carbonyl (C=O) groups is 1. The molecule has 3 rings (SSSR count). The Hall–Kier alpha value is -1.88. The van der Waals surface area contributed by atoms with Crippen LogP contribution in [0.4, 0.5) is 0 Å². The first-order valence-corrected chi connectivity index (χ1v) is 8.21. The summed E-state index contributed by atoms with van der Waals surface area (Å²) in [6, 6.07) is 6.10. The minimum Gasteiger partial charge on any atom is -0.354 e. The van der Waals surface area contributed by atoms with E-state index in [9.17, 15) is 4.79 Å². The fourth-order valence-corrected chi connectivity index (χ4v) is 3.20. The highest BCUT2D eigenvalue weighted by Crippen LogP contribution is 2.22. The molecule has 1 aliphatic carbocycles. The Kier molecular flexibility index (Phi) is 4.50. The standard InChI is InChI=1S/C16H19N3OS/c20-16(13-5-2-1-3-6-13)17-9-11-19-10-8-14(18-19)15-7-4-12-21-15/h1-2,4,7-8,10,12-13H,3,5-6,9,11H2,(H,17,20)/t13-/m0/s1. The van der Waals surface area contributed by atoms with Gasteiger partial charge in [0.2, 0.25) is 5.91 Å². The van der Waals surface area contributed by atoms with Crippen LogP contribution in [0.15, 0.2) is 41.9 Å². The van der Waals surface area contributed by atoms with E-state index in [4.69, 9.17) is 0 Å². The van der Waals surface area contributed by atoms with Crippen LogP contribution >= 0.6 is 11.3 Å². The summed E-state index contributed by atoms with van der Waals surface area (Å²) in [4.78, 5) is 13.2. The lowest BCUT2D eigenvalue weighted by atomic mass is 9.94. The van der Waals surface area contributed by atoms with Crippen LogP contribution in [-0.4, -0.2) is 22.2 Å². The van der Waals surface area contributed by atoms with Gasteiger partial charge in [0, 0.05) is 18.7 Å². The van der Waals surface area contributed by atoms with Gasteiger partial charge in [-0.15, -0.1) is 11.3 Å². The molecule has 0 fully saturated rings. The van der Waals surface area contributed by atoms with E-state index in [-0.39, 0.29) is 11.8 Å². The molecule has 0 saturated heterocycles. The van der Waals surface area contributed by atoms with Crippen molar-refractivity contribution in [1.82, 2.24) is 15.1 Å². The third-order valence-corrected chi connectivity index (χ3v) is 4.59. The first-order valence-electron chi connectivity index (χ1n) is 7.33. The second-order valence-electron chi connectivity index (χ2n) is 5.21. The molecule has 2 aromatic heterocycles. The van der Waals surface area contributed by atoms with Crippen molar-refractivity contribution in [2.24, 2.45) is 5.92 Å². The van der Waals surface area contributed by atoms with E-state index in [2.05, 4.69) is 28.6 Å². The summed E-state index contributed by atoms with van der Waals surface area (Å²) < 4.78 is 1.89. The monoisotopic (exact) mass is 301 g/mol. The number of hydrogen-bond donors (Lipinski definition) is 1. The van der Waals surface area contributed by atoms with Gasteiger partial charge in [0.25, 0.3) is 0 Å². The number of carbonyl (C=O) groups excluding carboxylic acids is 1. The molecule has 4 nitrogen and oxygen atoms in total. The van der Waals surface area contributed by atoms with Crippen molar-refractivity contribution in [3.8, 4) is 10.6 Å². The highest BCUT2D eigenvalue weighted by Gasteiger charge is 2.17. The number of rotatable bonds is 5. The minimum atomic E-state index is 0.148. The zero-order valence-electron chi connectivity index (χ0n) is 11.9. The maximum atomic E-state index is 12.0. The summed E-state index contributed by atoms with van der Waals surface area (Å²) in [5.41, 5.74) is 0.994. The summed E-state index contributed by atoms with van der Waals surface area (Å²) in [6.07, 6.45) is 9.07. The first-order chi connectivity index (χ1) is 10.3. The lowest BCUT2D eigenvalue weighted by molar-refractivity contribution is -0.125. The van der Waals surface area contributed by atoms with Gasteiger partial charge < -0.3 is 5.32 Å². The Morgan fingerprint density at radius 1 is 1.43 bits per heavy atom. The molecule has 1 N–H and O–H groups in total. The zero-order chi connectivity index (χ0) is 14.5. The van der Waals surface area contributed by atoms with E-state index in [1.807, 2.05) is 28.4 Å². The van der Waals surface area contributed by atoms with Gasteiger partial charge in [-0.05, 0) is 36.8 Å². The average Bonchev–Trinajstić information content (AvgIpc) is 3.19. The molecule has 2 aromatic rings. The topological polar surface area (TPSA) is 46.9 Å². The Morgan fingerprint density at radius 2 is 2.38 bits per heavy atom. The Bertz CT molecular complexity index is 615. The molecule has 2 heterocycles. The molecule has 0 bridgehead atoms. The van der Waals surface area contributed by atoms with Crippen LogP contribution in [0.1, 0.15) is 19.3 Å². The molecule has 0 saturated carbocycles. The number of aromatic nitrogens is 2. The molecule has 110 valence electrons. The van der Waals surface area contributed by atoms with E-state index < -0.39 is 0 Å². The number of thiophene rings is 1. The highest BCUT2D eigenvalue weighted by atomic mass is 32.1. The van der Waals surface area contributed by atoms with Gasteiger partial charge in [-0.25, -0.2) is 0 Å². The maximum absolute atomic E-state index is 12.0. The van der Waals surface area contributed by atoms with Crippen LogP contribution in [0, 0.1) is 5.92 Å². The second-order valence-corrected chi connectivity index (χ2v) is 6.16. The van der Waals surface area contributed by atoms with Gasteiger partial charge in [-0.1, -0.05) is 18.2 Å². The molecular formula is C16H19N3OS. The smallest absolute Gasteiger partial charge is 0.223 e. The van der Waals surface area contributed by atoms with Crippen LogP contribution in [-0.2, 0) is 11.3 Å². The van der Waals surface area contributed by atoms with Gasteiger partial charge >= 0.3 is 0 Å². The molecule has 1 amide bonds. The molecule has 0 aromatic carbocycles. The van der Waals surface area contributed by atoms with Gasteiger partial charge in [-0.2, -0.15) is 5.10 Å². The zero-order valence-corrected chi connectivity index (χ0v) is 12.7. The Labute approximate surface area is 128 Å². The van der Waals surface area contributed by atoms with Crippen LogP contribution in [0.5, 0.6) is 0 Å². The van der Waals surface area contributed by atoms with Crippen molar-refractivity contribution in [3.63, 3.8) is 0 Å². The molecule has 0 spiro atoms. The van der Waals surface area contributed by atoms with Crippen molar-refractivity contribution >= 4 is 17.2 Å².